The zero-order valence-corrected chi connectivity index (χ0v) is 11.7. The molecule has 3 rings (SSSR count). The van der Waals surface area contributed by atoms with Crippen LogP contribution in [0.4, 0.5) is 0 Å². The van der Waals surface area contributed by atoms with Crippen LogP contribution < -0.4 is 10.1 Å². The number of nitrogens with zero attached hydrogens (tertiary/aromatic N) is 2. The minimum absolute atomic E-state index is 0.414. The molecule has 1 saturated carbocycles. The van der Waals surface area contributed by atoms with Gasteiger partial charge < -0.3 is 10.1 Å². The van der Waals surface area contributed by atoms with E-state index in [1.54, 1.807) is 12.3 Å². The molecule has 0 unspecified atom stereocenters. The average molecular weight is 279 g/mol. The second-order valence-electron chi connectivity index (χ2n) is 5.25. The summed E-state index contributed by atoms with van der Waals surface area (Å²) in [5.41, 5.74) is 2.63. The second kappa shape index (κ2) is 6.38. The maximum atomic E-state index is 8.81. The lowest BCUT2D eigenvalue weighted by Crippen LogP contribution is -2.15. The quantitative estimate of drug-likeness (QED) is 0.883. The third-order valence-corrected chi connectivity index (χ3v) is 3.44. The monoisotopic (exact) mass is 279 g/mol. The van der Waals surface area contributed by atoms with Crippen molar-refractivity contribution in [3.63, 3.8) is 0 Å². The summed E-state index contributed by atoms with van der Waals surface area (Å²) in [6.45, 7) is 1.36. The fourth-order valence-electron chi connectivity index (χ4n) is 2.05. The highest BCUT2D eigenvalue weighted by atomic mass is 16.5. The molecule has 1 N–H and O–H groups in total. The van der Waals surface area contributed by atoms with Gasteiger partial charge in [-0.2, -0.15) is 5.26 Å². The molecule has 1 aromatic carbocycles. The van der Waals surface area contributed by atoms with Crippen molar-refractivity contribution in [2.24, 2.45) is 0 Å². The molecule has 2 aromatic rings. The van der Waals surface area contributed by atoms with Crippen LogP contribution in [0.3, 0.4) is 0 Å². The Morgan fingerprint density at radius 1 is 1.19 bits per heavy atom. The van der Waals surface area contributed by atoms with E-state index in [0.717, 1.165) is 23.9 Å². The van der Waals surface area contributed by atoms with Crippen molar-refractivity contribution in [1.29, 1.82) is 5.26 Å². The highest BCUT2D eigenvalue weighted by molar-refractivity contribution is 5.29. The van der Waals surface area contributed by atoms with Gasteiger partial charge in [-0.1, -0.05) is 12.1 Å². The van der Waals surface area contributed by atoms with Gasteiger partial charge >= 0.3 is 0 Å². The molecule has 0 atom stereocenters. The molecule has 0 spiro atoms. The highest BCUT2D eigenvalue weighted by Crippen LogP contribution is 2.20. The van der Waals surface area contributed by atoms with Gasteiger partial charge in [0.25, 0.3) is 0 Å². The third kappa shape index (κ3) is 4.04. The summed E-state index contributed by atoms with van der Waals surface area (Å²) in [5, 5.41) is 12.3. The van der Waals surface area contributed by atoms with Crippen LogP contribution in [-0.4, -0.2) is 11.0 Å². The predicted octanol–water partition coefficient (Wildman–Crippen LogP) is 2.78. The van der Waals surface area contributed by atoms with E-state index < -0.39 is 0 Å². The number of ether oxygens (including phenoxy) is 1. The van der Waals surface area contributed by atoms with E-state index in [0.29, 0.717) is 12.3 Å². The molecular weight excluding hydrogens is 262 g/mol. The molecule has 21 heavy (non-hydrogen) atoms. The zero-order valence-electron chi connectivity index (χ0n) is 11.7. The maximum absolute atomic E-state index is 8.81. The standard InChI is InChI=1S/C17H17N3O/c18-10-16-9-14(7-8-19-16)12-21-17-5-1-13(2-6-17)11-20-15-3-4-15/h1-2,5-9,15,20H,3-4,11-12H2. The van der Waals surface area contributed by atoms with E-state index in [4.69, 9.17) is 10.00 Å². The Hall–Kier alpha value is -2.38. The second-order valence-corrected chi connectivity index (χ2v) is 5.25. The molecule has 1 fully saturated rings. The summed E-state index contributed by atoms with van der Waals surface area (Å²) in [4.78, 5) is 3.94. The van der Waals surface area contributed by atoms with Crippen molar-refractivity contribution in [2.45, 2.75) is 32.0 Å². The van der Waals surface area contributed by atoms with E-state index in [2.05, 4.69) is 22.4 Å². The Morgan fingerprint density at radius 3 is 2.71 bits per heavy atom. The smallest absolute Gasteiger partial charge is 0.140 e. The SMILES string of the molecule is N#Cc1cc(COc2ccc(CNC3CC3)cc2)ccn1. The Morgan fingerprint density at radius 2 is 2.00 bits per heavy atom. The number of hydrogen-bond donors (Lipinski definition) is 1. The van der Waals surface area contributed by atoms with Crippen LogP contribution in [0.5, 0.6) is 5.75 Å². The summed E-state index contributed by atoms with van der Waals surface area (Å²) >= 11 is 0. The van der Waals surface area contributed by atoms with Crippen molar-refractivity contribution in [1.82, 2.24) is 10.3 Å². The molecule has 1 heterocycles. The number of benzene rings is 1. The van der Waals surface area contributed by atoms with E-state index >= 15 is 0 Å². The van der Waals surface area contributed by atoms with Gasteiger partial charge in [-0.25, -0.2) is 4.98 Å². The molecule has 106 valence electrons. The van der Waals surface area contributed by atoms with Crippen LogP contribution in [0.1, 0.15) is 29.7 Å². The largest absolute Gasteiger partial charge is 0.489 e. The van der Waals surface area contributed by atoms with E-state index in [-0.39, 0.29) is 0 Å². The Bertz CT molecular complexity index is 642. The van der Waals surface area contributed by atoms with Crippen molar-refractivity contribution in [3.05, 3.63) is 59.4 Å². The number of nitriles is 1. The normalized spacial score (nSPS) is 13.7. The van der Waals surface area contributed by atoms with E-state index in [9.17, 15) is 0 Å². The fraction of sp³-hybridized carbons (Fsp3) is 0.294. The first-order chi connectivity index (χ1) is 10.3. The van der Waals surface area contributed by atoms with Crippen LogP contribution in [0, 0.1) is 11.3 Å². The first kappa shape index (κ1) is 13.6. The molecule has 0 bridgehead atoms. The number of nitrogens with one attached hydrogen (secondary N) is 1. The topological polar surface area (TPSA) is 57.9 Å². The van der Waals surface area contributed by atoms with Gasteiger partial charge in [0.05, 0.1) is 0 Å². The molecule has 4 heteroatoms. The summed E-state index contributed by atoms with van der Waals surface area (Å²) in [5.74, 6) is 0.834. The van der Waals surface area contributed by atoms with Gasteiger partial charge in [-0.15, -0.1) is 0 Å². The molecule has 0 saturated heterocycles. The fourth-order valence-corrected chi connectivity index (χ4v) is 2.05. The molecule has 4 nitrogen and oxygen atoms in total. The molecule has 0 radical (unpaired) electrons. The van der Waals surface area contributed by atoms with E-state index in [1.807, 2.05) is 24.3 Å². The van der Waals surface area contributed by atoms with Crippen molar-refractivity contribution < 1.29 is 4.74 Å². The first-order valence-electron chi connectivity index (χ1n) is 7.13. The van der Waals surface area contributed by atoms with Crippen LogP contribution >= 0.6 is 0 Å². The number of pyridine rings is 1. The highest BCUT2D eigenvalue weighted by Gasteiger charge is 2.19. The van der Waals surface area contributed by atoms with Crippen LogP contribution in [0.2, 0.25) is 0 Å². The van der Waals surface area contributed by atoms with Crippen LogP contribution in [-0.2, 0) is 13.2 Å². The summed E-state index contributed by atoms with van der Waals surface area (Å²) in [6.07, 6.45) is 4.24. The van der Waals surface area contributed by atoms with Gasteiger partial charge in [0.2, 0.25) is 0 Å². The Labute approximate surface area is 124 Å². The lowest BCUT2D eigenvalue weighted by atomic mass is 10.2. The van der Waals surface area contributed by atoms with Crippen LogP contribution in [0.25, 0.3) is 0 Å². The minimum atomic E-state index is 0.414. The molecule has 1 aliphatic rings. The lowest BCUT2D eigenvalue weighted by Gasteiger charge is -2.08. The average Bonchev–Trinajstić information content (AvgIpc) is 3.36. The van der Waals surface area contributed by atoms with Gasteiger partial charge in [-0.3, -0.25) is 0 Å². The first-order valence-corrected chi connectivity index (χ1v) is 7.13. The number of aromatic nitrogens is 1. The predicted molar refractivity (Wildman–Crippen MR) is 79.6 cm³/mol. The summed E-state index contributed by atoms with van der Waals surface area (Å²) in [6, 6.07) is 14.5. The Kier molecular flexibility index (Phi) is 4.13. The van der Waals surface area contributed by atoms with Gasteiger partial charge in [0.1, 0.15) is 24.1 Å². The molecule has 0 aliphatic heterocycles. The molecule has 1 aliphatic carbocycles. The van der Waals surface area contributed by atoms with Gasteiger partial charge in [0.15, 0.2) is 0 Å². The van der Waals surface area contributed by atoms with Crippen molar-refractivity contribution in [3.8, 4) is 11.8 Å². The lowest BCUT2D eigenvalue weighted by molar-refractivity contribution is 0.306. The summed E-state index contributed by atoms with van der Waals surface area (Å²) < 4.78 is 5.73. The third-order valence-electron chi connectivity index (χ3n) is 3.44. The zero-order chi connectivity index (χ0) is 14.5. The van der Waals surface area contributed by atoms with Gasteiger partial charge in [0, 0.05) is 18.8 Å². The molecule has 1 aromatic heterocycles. The van der Waals surface area contributed by atoms with Crippen LogP contribution in [0.15, 0.2) is 42.6 Å². The van der Waals surface area contributed by atoms with Crippen molar-refractivity contribution >= 4 is 0 Å². The number of rotatable bonds is 6. The minimum Gasteiger partial charge on any atom is -0.489 e. The summed E-state index contributed by atoms with van der Waals surface area (Å²) in [7, 11) is 0. The van der Waals surface area contributed by atoms with Crippen molar-refractivity contribution in [2.75, 3.05) is 0 Å². The molecular formula is C17H17N3O. The maximum Gasteiger partial charge on any atom is 0.140 e. The van der Waals surface area contributed by atoms with Gasteiger partial charge in [-0.05, 0) is 48.2 Å². The molecule has 0 amide bonds. The van der Waals surface area contributed by atoms with E-state index in [1.165, 1.54) is 18.4 Å². The number of hydrogen-bond acceptors (Lipinski definition) is 4. The Balaban J connectivity index is 1.53.